The highest BCUT2D eigenvalue weighted by Crippen LogP contribution is 2.47. The largest absolute Gasteiger partial charge is 0.309 e. The Morgan fingerprint density at radius 1 is 0.295 bits per heavy atom. The second kappa shape index (κ2) is 12.3. The van der Waals surface area contributed by atoms with Gasteiger partial charge in [-0.2, -0.15) is 0 Å². The minimum absolute atomic E-state index is 0.0430. The first-order chi connectivity index (χ1) is 28.8. The van der Waals surface area contributed by atoms with Crippen LogP contribution in [0.3, 0.4) is 0 Å². The third-order valence-corrected chi connectivity index (χ3v) is 13.8. The van der Waals surface area contributed by atoms with Crippen molar-refractivity contribution in [3.63, 3.8) is 0 Å². The molecule has 0 saturated carbocycles. The molecule has 0 N–H and O–H groups in total. The number of benzene rings is 7. The van der Waals surface area contributed by atoms with Crippen LogP contribution in [0.4, 0.5) is 0 Å². The van der Waals surface area contributed by atoms with E-state index in [4.69, 9.17) is 0 Å². The molecule has 0 bridgehead atoms. The first kappa shape index (κ1) is 37.9. The van der Waals surface area contributed by atoms with E-state index < -0.39 is 0 Å². The maximum atomic E-state index is 2.55. The molecule has 0 atom stereocenters. The molecule has 0 unspecified atom stereocenters. The average molecular weight is 796 g/mol. The van der Waals surface area contributed by atoms with E-state index in [1.165, 1.54) is 115 Å². The third kappa shape index (κ3) is 5.41. The van der Waals surface area contributed by atoms with Crippen molar-refractivity contribution in [2.24, 2.45) is 0 Å². The standard InChI is InChI=1S/C58H57N3/c1-55(2,3)34-22-26-44-40(30-34)41-31-35(56(4,5)6)23-27-45(41)59(44)48-18-14-20-50-52(48)38-16-13-17-39-53-49(19-15-21-51(53)61(50)54(38)39)60-46-28-24-36(57(7,8)9)32-42(46)43-33-37(58(10,11)12)25-29-47(43)60/h13-33H,1-12H3. The van der Waals surface area contributed by atoms with Gasteiger partial charge in [-0.3, -0.25) is 0 Å². The molecule has 0 saturated heterocycles. The summed E-state index contributed by atoms with van der Waals surface area (Å²) in [5, 5.41) is 10.4. The van der Waals surface area contributed by atoms with Crippen molar-refractivity contribution in [3.8, 4) is 11.4 Å². The monoisotopic (exact) mass is 795 g/mol. The quantitative estimate of drug-likeness (QED) is 0.165. The Bertz CT molecular complexity index is 3230. The molecule has 7 aromatic carbocycles. The number of fused-ring (bicyclic) bond motifs is 12. The summed E-state index contributed by atoms with van der Waals surface area (Å²) in [5.74, 6) is 0. The van der Waals surface area contributed by atoms with Gasteiger partial charge in [0.25, 0.3) is 0 Å². The van der Waals surface area contributed by atoms with Gasteiger partial charge in [0.05, 0.1) is 50.0 Å². The van der Waals surface area contributed by atoms with Crippen molar-refractivity contribution in [1.29, 1.82) is 0 Å². The number of hydrogen-bond donors (Lipinski definition) is 0. The molecule has 61 heavy (non-hydrogen) atoms. The molecular weight excluding hydrogens is 739 g/mol. The Labute approximate surface area is 359 Å². The smallest absolute Gasteiger partial charge is 0.0622 e. The SMILES string of the molecule is CC(C)(C)c1ccc2c(c1)c1cc(C(C)(C)C)ccc1n2-c1cccc2c1c1cccc3c4c(-n5c6ccc(C(C)(C)C)cc6c6cc(C(C)(C)C)ccc65)cccc4n2c13. The Morgan fingerprint density at radius 3 is 0.885 bits per heavy atom. The molecule has 0 aliphatic heterocycles. The van der Waals surface area contributed by atoms with E-state index >= 15 is 0 Å². The highest BCUT2D eigenvalue weighted by Gasteiger charge is 2.27. The number of nitrogens with zero attached hydrogens (tertiary/aromatic N) is 3. The highest BCUT2D eigenvalue weighted by atomic mass is 15.0. The summed E-state index contributed by atoms with van der Waals surface area (Å²) < 4.78 is 7.63. The van der Waals surface area contributed by atoms with Crippen molar-refractivity contribution < 1.29 is 0 Å². The van der Waals surface area contributed by atoms with Gasteiger partial charge in [-0.15, -0.1) is 0 Å². The van der Waals surface area contributed by atoms with Crippen molar-refractivity contribution in [2.75, 3.05) is 0 Å². The van der Waals surface area contributed by atoms with Crippen LogP contribution in [0, 0.1) is 0 Å². The molecular formula is C58H57N3. The van der Waals surface area contributed by atoms with Crippen LogP contribution >= 0.6 is 0 Å². The van der Waals surface area contributed by atoms with E-state index in [0.717, 1.165) is 0 Å². The van der Waals surface area contributed by atoms with Gasteiger partial charge < -0.3 is 13.5 Å². The highest BCUT2D eigenvalue weighted by molar-refractivity contribution is 6.27. The summed E-state index contributed by atoms with van der Waals surface area (Å²) in [7, 11) is 0. The molecule has 3 heteroatoms. The molecule has 0 amide bonds. The van der Waals surface area contributed by atoms with Gasteiger partial charge in [-0.05, 0) is 117 Å². The summed E-state index contributed by atoms with van der Waals surface area (Å²) >= 11 is 0. The lowest BCUT2D eigenvalue weighted by molar-refractivity contribution is 0.590. The van der Waals surface area contributed by atoms with Crippen LogP contribution in [-0.4, -0.2) is 13.5 Å². The summed E-state index contributed by atoms with van der Waals surface area (Å²) in [4.78, 5) is 0. The van der Waals surface area contributed by atoms with E-state index in [9.17, 15) is 0 Å². The molecule has 304 valence electrons. The fourth-order valence-electron chi connectivity index (χ4n) is 10.3. The minimum atomic E-state index is 0.0430. The van der Waals surface area contributed by atoms with E-state index in [-0.39, 0.29) is 21.7 Å². The molecule has 11 rings (SSSR count). The molecule has 0 aliphatic carbocycles. The Hall–Kier alpha value is -6.06. The predicted molar refractivity (Wildman–Crippen MR) is 265 cm³/mol. The molecule has 11 aromatic rings. The normalized spacial score (nSPS) is 13.6. The maximum Gasteiger partial charge on any atom is 0.0622 e. The molecule has 4 heterocycles. The third-order valence-electron chi connectivity index (χ3n) is 13.8. The van der Waals surface area contributed by atoms with Crippen LogP contribution in [0.5, 0.6) is 0 Å². The summed E-state index contributed by atoms with van der Waals surface area (Å²) in [6, 6.07) is 49.4. The van der Waals surface area contributed by atoms with Crippen LogP contribution < -0.4 is 0 Å². The summed E-state index contributed by atoms with van der Waals surface area (Å²) in [6.07, 6.45) is 0. The second-order valence-electron chi connectivity index (χ2n) is 22.0. The maximum absolute atomic E-state index is 2.55. The van der Waals surface area contributed by atoms with Crippen molar-refractivity contribution in [2.45, 2.75) is 105 Å². The lowest BCUT2D eigenvalue weighted by Crippen LogP contribution is -2.10. The van der Waals surface area contributed by atoms with Crippen LogP contribution in [0.15, 0.2) is 127 Å². The molecule has 0 radical (unpaired) electrons. The zero-order valence-electron chi connectivity index (χ0n) is 38.0. The van der Waals surface area contributed by atoms with Crippen LogP contribution in [-0.2, 0) is 21.7 Å². The van der Waals surface area contributed by atoms with Gasteiger partial charge in [-0.1, -0.05) is 138 Å². The fraction of sp³-hybridized carbons (Fsp3) is 0.276. The van der Waals surface area contributed by atoms with Crippen LogP contribution in [0.1, 0.15) is 105 Å². The van der Waals surface area contributed by atoms with E-state index in [1.807, 2.05) is 0 Å². The zero-order valence-corrected chi connectivity index (χ0v) is 38.0. The van der Waals surface area contributed by atoms with Crippen molar-refractivity contribution >= 4 is 81.7 Å². The Balaban J connectivity index is 1.22. The lowest BCUT2D eigenvalue weighted by atomic mass is 9.85. The lowest BCUT2D eigenvalue weighted by Gasteiger charge is -2.19. The number of hydrogen-bond acceptors (Lipinski definition) is 0. The Kier molecular flexibility index (Phi) is 7.63. The van der Waals surface area contributed by atoms with Gasteiger partial charge in [0, 0.05) is 43.1 Å². The first-order valence-electron chi connectivity index (χ1n) is 22.2. The number of rotatable bonds is 2. The molecule has 0 fully saturated rings. The Morgan fingerprint density at radius 2 is 0.590 bits per heavy atom. The average Bonchev–Trinajstić information content (AvgIpc) is 3.93. The van der Waals surface area contributed by atoms with Gasteiger partial charge >= 0.3 is 0 Å². The van der Waals surface area contributed by atoms with Crippen molar-refractivity contribution in [1.82, 2.24) is 13.5 Å². The predicted octanol–water partition coefficient (Wildman–Crippen LogP) is 16.2. The number of para-hydroxylation sites is 1. The molecule has 0 spiro atoms. The van der Waals surface area contributed by atoms with Gasteiger partial charge in [0.2, 0.25) is 0 Å². The summed E-state index contributed by atoms with van der Waals surface area (Å²) in [5.41, 5.74) is 16.8. The fourth-order valence-corrected chi connectivity index (χ4v) is 10.3. The number of aromatic nitrogens is 3. The second-order valence-corrected chi connectivity index (χ2v) is 22.0. The van der Waals surface area contributed by atoms with Gasteiger partial charge in [-0.25, -0.2) is 0 Å². The van der Waals surface area contributed by atoms with E-state index in [0.29, 0.717) is 0 Å². The summed E-state index contributed by atoms with van der Waals surface area (Å²) in [6.45, 7) is 27.8. The van der Waals surface area contributed by atoms with E-state index in [2.05, 4.69) is 224 Å². The van der Waals surface area contributed by atoms with Gasteiger partial charge in [0.15, 0.2) is 0 Å². The van der Waals surface area contributed by atoms with Gasteiger partial charge in [0.1, 0.15) is 0 Å². The van der Waals surface area contributed by atoms with Crippen LogP contribution in [0.2, 0.25) is 0 Å². The topological polar surface area (TPSA) is 14.3 Å². The van der Waals surface area contributed by atoms with Crippen LogP contribution in [0.25, 0.3) is 93.1 Å². The molecule has 4 aromatic heterocycles. The molecule has 0 aliphatic rings. The van der Waals surface area contributed by atoms with Crippen molar-refractivity contribution in [3.05, 3.63) is 150 Å². The van der Waals surface area contributed by atoms with E-state index in [1.54, 1.807) is 0 Å². The first-order valence-corrected chi connectivity index (χ1v) is 22.2. The minimum Gasteiger partial charge on any atom is -0.309 e. The molecule has 3 nitrogen and oxygen atoms in total. The zero-order chi connectivity index (χ0) is 42.7.